The van der Waals surface area contributed by atoms with Crippen molar-refractivity contribution in [2.24, 2.45) is 0 Å². The van der Waals surface area contributed by atoms with Gasteiger partial charge in [0.2, 0.25) is 5.88 Å². The number of carboxylic acid groups (broad SMARTS) is 1. The third-order valence-electron chi connectivity index (χ3n) is 5.37. The number of hydrogen-bond donors (Lipinski definition) is 3. The van der Waals surface area contributed by atoms with E-state index in [1.54, 1.807) is 12.4 Å². The largest absolute Gasteiger partial charge is 0.492 e. The minimum absolute atomic E-state index is 0.0833. The number of hydrogen-bond acceptors (Lipinski definition) is 5. The maximum atomic E-state index is 10.8. The SMILES string of the molecule is CC/C(=C(/c1ccc(/C=C/C(=O)O)cc1)c1ccc2[nH]nc(O)c2c1)c1ccncc1C#N. The van der Waals surface area contributed by atoms with Crippen LogP contribution in [0.2, 0.25) is 0 Å². The van der Waals surface area contributed by atoms with E-state index in [1.807, 2.05) is 55.5 Å². The zero-order valence-electron chi connectivity index (χ0n) is 17.8. The predicted molar refractivity (Wildman–Crippen MR) is 126 cm³/mol. The predicted octanol–water partition coefficient (Wildman–Crippen LogP) is 5.00. The second-order valence-corrected chi connectivity index (χ2v) is 7.34. The summed E-state index contributed by atoms with van der Waals surface area (Å²) in [7, 11) is 0. The van der Waals surface area contributed by atoms with Crippen LogP contribution in [-0.2, 0) is 4.79 Å². The van der Waals surface area contributed by atoms with Gasteiger partial charge in [0.05, 0.1) is 16.5 Å². The smallest absolute Gasteiger partial charge is 0.328 e. The molecular weight excluding hydrogens is 416 g/mol. The molecule has 0 radical (unpaired) electrons. The van der Waals surface area contributed by atoms with Crippen LogP contribution in [0, 0.1) is 11.3 Å². The summed E-state index contributed by atoms with van der Waals surface area (Å²) in [5.74, 6) is -1.09. The number of aromatic amines is 1. The number of allylic oxidation sites excluding steroid dienone is 1. The summed E-state index contributed by atoms with van der Waals surface area (Å²) < 4.78 is 0. The zero-order valence-corrected chi connectivity index (χ0v) is 17.8. The minimum atomic E-state index is -1.01. The molecule has 0 fully saturated rings. The van der Waals surface area contributed by atoms with Crippen molar-refractivity contribution in [3.63, 3.8) is 0 Å². The first-order valence-corrected chi connectivity index (χ1v) is 10.3. The number of nitriles is 1. The molecule has 0 spiro atoms. The van der Waals surface area contributed by atoms with Gasteiger partial charge in [-0.3, -0.25) is 10.1 Å². The molecule has 0 atom stereocenters. The Kier molecular flexibility index (Phi) is 6.00. The molecule has 2 heterocycles. The van der Waals surface area contributed by atoms with Crippen molar-refractivity contribution in [2.75, 3.05) is 0 Å². The number of fused-ring (bicyclic) bond motifs is 1. The van der Waals surface area contributed by atoms with E-state index in [4.69, 9.17) is 5.11 Å². The summed E-state index contributed by atoms with van der Waals surface area (Å²) in [4.78, 5) is 14.9. The molecule has 2 aromatic carbocycles. The molecule has 0 saturated heterocycles. The van der Waals surface area contributed by atoms with Crippen LogP contribution >= 0.6 is 0 Å². The highest BCUT2D eigenvalue weighted by molar-refractivity contribution is 6.01. The monoisotopic (exact) mass is 436 g/mol. The van der Waals surface area contributed by atoms with E-state index in [1.165, 1.54) is 6.08 Å². The molecule has 0 saturated carbocycles. The molecule has 0 aliphatic heterocycles. The van der Waals surface area contributed by atoms with Crippen LogP contribution in [0.5, 0.6) is 5.88 Å². The number of aromatic hydroxyl groups is 1. The minimum Gasteiger partial charge on any atom is -0.492 e. The van der Waals surface area contributed by atoms with Crippen molar-refractivity contribution in [2.45, 2.75) is 13.3 Å². The van der Waals surface area contributed by atoms with Gasteiger partial charge < -0.3 is 10.2 Å². The molecule has 7 heteroatoms. The van der Waals surface area contributed by atoms with Crippen LogP contribution in [0.3, 0.4) is 0 Å². The Morgan fingerprint density at radius 2 is 1.91 bits per heavy atom. The number of aliphatic carboxylic acids is 1. The van der Waals surface area contributed by atoms with E-state index in [2.05, 4.69) is 21.3 Å². The molecule has 0 aliphatic rings. The Hall–Kier alpha value is -4.70. The average Bonchev–Trinajstić information content (AvgIpc) is 3.21. The van der Waals surface area contributed by atoms with Gasteiger partial charge in [-0.15, -0.1) is 5.10 Å². The standard InChI is InChI=1S/C26H20N4O3/c1-2-20(21-11-12-28-15-19(21)14-27)25(17-6-3-16(4-7-17)5-10-24(31)32)18-8-9-23-22(13-18)26(33)30-29-23/h3-13,15H,2H2,1H3,(H,31,32)(H2,29,30,33)/b10-5+,25-20+. The van der Waals surface area contributed by atoms with E-state index in [0.29, 0.717) is 22.9 Å². The first-order valence-electron chi connectivity index (χ1n) is 10.3. The lowest BCUT2D eigenvalue weighted by Crippen LogP contribution is -1.98. The number of pyridine rings is 1. The van der Waals surface area contributed by atoms with E-state index in [0.717, 1.165) is 39.5 Å². The fourth-order valence-corrected chi connectivity index (χ4v) is 3.85. The van der Waals surface area contributed by atoms with Gasteiger partial charge >= 0.3 is 5.97 Å². The lowest BCUT2D eigenvalue weighted by Gasteiger charge is -2.17. The van der Waals surface area contributed by atoms with Crippen LogP contribution in [-0.4, -0.2) is 31.4 Å². The summed E-state index contributed by atoms with van der Waals surface area (Å²) >= 11 is 0. The highest BCUT2D eigenvalue weighted by Gasteiger charge is 2.17. The molecule has 33 heavy (non-hydrogen) atoms. The lowest BCUT2D eigenvalue weighted by atomic mass is 9.86. The van der Waals surface area contributed by atoms with Crippen LogP contribution in [0.4, 0.5) is 0 Å². The normalized spacial score (nSPS) is 12.0. The Bertz CT molecular complexity index is 1440. The molecule has 0 unspecified atom stereocenters. The molecule has 4 rings (SSSR count). The van der Waals surface area contributed by atoms with Crippen molar-refractivity contribution in [1.82, 2.24) is 15.2 Å². The number of nitrogens with one attached hydrogen (secondary N) is 1. The first-order chi connectivity index (χ1) is 16.0. The van der Waals surface area contributed by atoms with Crippen LogP contribution in [0.25, 0.3) is 28.1 Å². The highest BCUT2D eigenvalue weighted by Crippen LogP contribution is 2.37. The molecule has 3 N–H and O–H groups in total. The Morgan fingerprint density at radius 3 is 2.61 bits per heavy atom. The Morgan fingerprint density at radius 1 is 1.15 bits per heavy atom. The number of benzene rings is 2. The third kappa shape index (κ3) is 4.36. The van der Waals surface area contributed by atoms with Crippen molar-refractivity contribution in [3.8, 4) is 11.9 Å². The Balaban J connectivity index is 1.97. The van der Waals surface area contributed by atoms with E-state index < -0.39 is 5.97 Å². The quantitative estimate of drug-likeness (QED) is 0.366. The summed E-state index contributed by atoms with van der Waals surface area (Å²) in [5, 5.41) is 36.0. The second-order valence-electron chi connectivity index (χ2n) is 7.34. The Labute approximate surface area is 190 Å². The van der Waals surface area contributed by atoms with Gasteiger partial charge in [-0.05, 0) is 64.1 Å². The van der Waals surface area contributed by atoms with Crippen LogP contribution in [0.1, 0.15) is 41.2 Å². The van der Waals surface area contributed by atoms with Gasteiger partial charge in [-0.25, -0.2) is 4.79 Å². The number of H-pyrrole nitrogens is 1. The second kappa shape index (κ2) is 9.20. The molecule has 2 aromatic heterocycles. The lowest BCUT2D eigenvalue weighted by molar-refractivity contribution is -0.131. The summed E-state index contributed by atoms with van der Waals surface area (Å²) in [5.41, 5.74) is 6.32. The third-order valence-corrected chi connectivity index (χ3v) is 5.37. The van der Waals surface area contributed by atoms with Crippen molar-refractivity contribution >= 4 is 34.1 Å². The first kappa shape index (κ1) is 21.5. The van der Waals surface area contributed by atoms with Gasteiger partial charge in [0.1, 0.15) is 6.07 Å². The molecular formula is C26H20N4O3. The zero-order chi connectivity index (χ0) is 23.4. The van der Waals surface area contributed by atoms with E-state index in [9.17, 15) is 15.2 Å². The number of rotatable bonds is 6. The molecule has 0 aliphatic carbocycles. The van der Waals surface area contributed by atoms with Crippen molar-refractivity contribution in [1.29, 1.82) is 5.26 Å². The molecule has 4 aromatic rings. The number of carboxylic acids is 1. The van der Waals surface area contributed by atoms with Gasteiger partial charge in [0.15, 0.2) is 0 Å². The molecule has 0 bridgehead atoms. The fraction of sp³-hybridized carbons (Fsp3) is 0.0769. The number of nitrogens with zero attached hydrogens (tertiary/aromatic N) is 3. The number of aromatic nitrogens is 3. The maximum absolute atomic E-state index is 10.8. The van der Waals surface area contributed by atoms with Gasteiger partial charge in [0.25, 0.3) is 0 Å². The highest BCUT2D eigenvalue weighted by atomic mass is 16.4. The summed E-state index contributed by atoms with van der Waals surface area (Å²) in [6.45, 7) is 2.02. The maximum Gasteiger partial charge on any atom is 0.328 e. The molecule has 162 valence electrons. The summed E-state index contributed by atoms with van der Waals surface area (Å²) in [6, 6.07) is 17.2. The van der Waals surface area contributed by atoms with Crippen LogP contribution in [0.15, 0.2) is 67.0 Å². The molecule has 7 nitrogen and oxygen atoms in total. The van der Waals surface area contributed by atoms with E-state index in [-0.39, 0.29) is 5.88 Å². The fourth-order valence-electron chi connectivity index (χ4n) is 3.85. The van der Waals surface area contributed by atoms with Crippen molar-refractivity contribution in [3.05, 3.63) is 94.8 Å². The average molecular weight is 436 g/mol. The van der Waals surface area contributed by atoms with Gasteiger partial charge in [-0.1, -0.05) is 37.3 Å². The number of carbonyl (C=O) groups is 1. The molecule has 0 amide bonds. The van der Waals surface area contributed by atoms with Gasteiger partial charge in [0, 0.05) is 18.5 Å². The van der Waals surface area contributed by atoms with Gasteiger partial charge in [-0.2, -0.15) is 5.26 Å². The van der Waals surface area contributed by atoms with Crippen LogP contribution < -0.4 is 0 Å². The van der Waals surface area contributed by atoms with E-state index >= 15 is 0 Å². The summed E-state index contributed by atoms with van der Waals surface area (Å²) in [6.07, 6.45) is 6.48. The van der Waals surface area contributed by atoms with Crippen molar-refractivity contribution < 1.29 is 15.0 Å². The topological polar surface area (TPSA) is 123 Å².